The Kier molecular flexibility index (Phi) is 10.0. The van der Waals surface area contributed by atoms with Crippen LogP contribution in [0.4, 0.5) is 5.69 Å². The molecule has 1 aliphatic rings. The summed E-state index contributed by atoms with van der Waals surface area (Å²) in [5, 5.41) is 6.49. The van der Waals surface area contributed by atoms with Crippen molar-refractivity contribution in [1.82, 2.24) is 5.32 Å². The molecule has 1 aliphatic heterocycles. The van der Waals surface area contributed by atoms with Gasteiger partial charge in [-0.05, 0) is 57.4 Å². The summed E-state index contributed by atoms with van der Waals surface area (Å²) in [6, 6.07) is 6.37. The first-order chi connectivity index (χ1) is 11.6. The lowest BCUT2D eigenvalue weighted by Crippen LogP contribution is -2.40. The number of nitrogens with one attached hydrogen (secondary N) is 2. The molecule has 2 atom stereocenters. The summed E-state index contributed by atoms with van der Waals surface area (Å²) in [5.74, 6) is 0.215. The highest BCUT2D eigenvalue weighted by molar-refractivity contribution is 5.93. The zero-order chi connectivity index (χ0) is 17.4. The van der Waals surface area contributed by atoms with Crippen molar-refractivity contribution in [1.29, 1.82) is 0 Å². The Morgan fingerprint density at radius 2 is 2.08 bits per heavy atom. The molecular formula is C19H31ClN2O3. The Hall–Kier alpha value is -1.14. The molecule has 142 valence electrons. The number of piperidine rings is 1. The second-order valence-electron chi connectivity index (χ2n) is 6.40. The Labute approximate surface area is 157 Å². The van der Waals surface area contributed by atoms with E-state index in [1.807, 2.05) is 32.0 Å². The minimum absolute atomic E-state index is 0. The van der Waals surface area contributed by atoms with Crippen molar-refractivity contribution in [2.75, 3.05) is 31.7 Å². The largest absolute Gasteiger partial charge is 0.379 e. The number of hydrogen-bond acceptors (Lipinski definition) is 4. The first-order valence-corrected chi connectivity index (χ1v) is 8.90. The SMILES string of the molecule is CCOCCOCc1cccc(NC(=O)[C@H]2CCN[C@@H](C)C2)c1C.Cl. The Morgan fingerprint density at radius 3 is 2.80 bits per heavy atom. The molecule has 1 aromatic rings. The first-order valence-electron chi connectivity index (χ1n) is 8.90. The van der Waals surface area contributed by atoms with E-state index in [2.05, 4.69) is 17.6 Å². The topological polar surface area (TPSA) is 59.6 Å². The molecule has 1 fully saturated rings. The molecule has 0 bridgehead atoms. The Morgan fingerprint density at radius 1 is 1.32 bits per heavy atom. The van der Waals surface area contributed by atoms with E-state index in [4.69, 9.17) is 9.47 Å². The molecule has 25 heavy (non-hydrogen) atoms. The molecule has 2 rings (SSSR count). The fraction of sp³-hybridized carbons (Fsp3) is 0.632. The van der Waals surface area contributed by atoms with Crippen molar-refractivity contribution in [2.24, 2.45) is 5.92 Å². The summed E-state index contributed by atoms with van der Waals surface area (Å²) in [6.07, 6.45) is 1.79. The van der Waals surface area contributed by atoms with E-state index in [9.17, 15) is 4.79 Å². The second-order valence-corrected chi connectivity index (χ2v) is 6.40. The van der Waals surface area contributed by atoms with Crippen LogP contribution in [-0.4, -0.2) is 38.3 Å². The van der Waals surface area contributed by atoms with Gasteiger partial charge < -0.3 is 20.1 Å². The minimum atomic E-state index is 0. The van der Waals surface area contributed by atoms with Gasteiger partial charge in [0.05, 0.1) is 19.8 Å². The van der Waals surface area contributed by atoms with Crippen molar-refractivity contribution < 1.29 is 14.3 Å². The van der Waals surface area contributed by atoms with E-state index in [0.29, 0.717) is 32.5 Å². The number of hydrogen-bond donors (Lipinski definition) is 2. The van der Waals surface area contributed by atoms with Crippen LogP contribution >= 0.6 is 12.4 Å². The summed E-state index contributed by atoms with van der Waals surface area (Å²) in [6.45, 7) is 9.47. The molecule has 0 aromatic heterocycles. The van der Waals surface area contributed by atoms with E-state index < -0.39 is 0 Å². The number of anilines is 1. The number of carbonyl (C=O) groups is 1. The molecule has 1 saturated heterocycles. The molecule has 0 saturated carbocycles. The highest BCUT2D eigenvalue weighted by atomic mass is 35.5. The molecule has 1 amide bonds. The van der Waals surface area contributed by atoms with Crippen LogP contribution in [0.25, 0.3) is 0 Å². The molecule has 5 nitrogen and oxygen atoms in total. The fourth-order valence-electron chi connectivity index (χ4n) is 3.02. The zero-order valence-electron chi connectivity index (χ0n) is 15.5. The van der Waals surface area contributed by atoms with Gasteiger partial charge in [-0.2, -0.15) is 0 Å². The number of carbonyl (C=O) groups excluding carboxylic acids is 1. The van der Waals surface area contributed by atoms with Crippen LogP contribution in [0.5, 0.6) is 0 Å². The summed E-state index contributed by atoms with van der Waals surface area (Å²) in [7, 11) is 0. The molecule has 2 N–H and O–H groups in total. The maximum Gasteiger partial charge on any atom is 0.227 e. The van der Waals surface area contributed by atoms with Gasteiger partial charge in [-0.15, -0.1) is 12.4 Å². The van der Waals surface area contributed by atoms with Crippen LogP contribution < -0.4 is 10.6 Å². The number of halogens is 1. The van der Waals surface area contributed by atoms with Crippen molar-refractivity contribution >= 4 is 24.0 Å². The van der Waals surface area contributed by atoms with Gasteiger partial charge in [0.25, 0.3) is 0 Å². The molecular weight excluding hydrogens is 340 g/mol. The lowest BCUT2D eigenvalue weighted by Gasteiger charge is -2.27. The van der Waals surface area contributed by atoms with Gasteiger partial charge >= 0.3 is 0 Å². The lowest BCUT2D eigenvalue weighted by molar-refractivity contribution is -0.120. The third-order valence-electron chi connectivity index (χ3n) is 4.53. The van der Waals surface area contributed by atoms with Crippen LogP contribution in [-0.2, 0) is 20.9 Å². The summed E-state index contributed by atoms with van der Waals surface area (Å²) < 4.78 is 10.9. The molecule has 0 spiro atoms. The zero-order valence-corrected chi connectivity index (χ0v) is 16.3. The van der Waals surface area contributed by atoms with Crippen LogP contribution in [0.2, 0.25) is 0 Å². The third-order valence-corrected chi connectivity index (χ3v) is 4.53. The van der Waals surface area contributed by atoms with Gasteiger partial charge in [0.15, 0.2) is 0 Å². The number of rotatable bonds is 8. The Bertz CT molecular complexity index is 539. The first kappa shape index (κ1) is 21.9. The number of benzene rings is 1. The third kappa shape index (κ3) is 6.94. The molecule has 0 aliphatic carbocycles. The normalized spacial score (nSPS) is 20.0. The second kappa shape index (κ2) is 11.5. The van der Waals surface area contributed by atoms with E-state index in [0.717, 1.165) is 36.2 Å². The van der Waals surface area contributed by atoms with Gasteiger partial charge in [-0.3, -0.25) is 4.79 Å². The van der Waals surface area contributed by atoms with E-state index in [1.54, 1.807) is 0 Å². The van der Waals surface area contributed by atoms with Gasteiger partial charge in [0, 0.05) is 24.3 Å². The maximum atomic E-state index is 12.5. The molecule has 0 radical (unpaired) electrons. The standard InChI is InChI=1S/C19H30N2O3.ClH/c1-4-23-10-11-24-13-17-6-5-7-18(15(17)3)21-19(22)16-8-9-20-14(2)12-16;/h5-7,14,16,20H,4,8-13H2,1-3H3,(H,21,22);1H/t14-,16-;/m0./s1. The van der Waals surface area contributed by atoms with Crippen LogP contribution in [0.1, 0.15) is 37.8 Å². The van der Waals surface area contributed by atoms with Crippen molar-refractivity contribution in [3.8, 4) is 0 Å². The average molecular weight is 371 g/mol. The monoisotopic (exact) mass is 370 g/mol. The predicted octanol–water partition coefficient (Wildman–Crippen LogP) is 3.30. The molecule has 1 aromatic carbocycles. The van der Waals surface area contributed by atoms with Crippen LogP contribution in [0, 0.1) is 12.8 Å². The quantitative estimate of drug-likeness (QED) is 0.689. The average Bonchev–Trinajstić information content (AvgIpc) is 2.57. The van der Waals surface area contributed by atoms with Gasteiger partial charge in [0.2, 0.25) is 5.91 Å². The van der Waals surface area contributed by atoms with Crippen LogP contribution in [0.15, 0.2) is 18.2 Å². The molecule has 1 heterocycles. The highest BCUT2D eigenvalue weighted by Crippen LogP contribution is 2.23. The maximum absolute atomic E-state index is 12.5. The van der Waals surface area contributed by atoms with E-state index >= 15 is 0 Å². The molecule has 6 heteroatoms. The summed E-state index contributed by atoms with van der Waals surface area (Å²) in [5.41, 5.74) is 3.06. The lowest BCUT2D eigenvalue weighted by atomic mass is 9.92. The predicted molar refractivity (Wildman–Crippen MR) is 103 cm³/mol. The minimum Gasteiger partial charge on any atom is -0.379 e. The summed E-state index contributed by atoms with van der Waals surface area (Å²) in [4.78, 5) is 12.5. The highest BCUT2D eigenvalue weighted by Gasteiger charge is 2.25. The van der Waals surface area contributed by atoms with E-state index in [-0.39, 0.29) is 24.2 Å². The smallest absolute Gasteiger partial charge is 0.227 e. The van der Waals surface area contributed by atoms with Gasteiger partial charge in [0.1, 0.15) is 0 Å². The van der Waals surface area contributed by atoms with E-state index in [1.165, 1.54) is 0 Å². The van der Waals surface area contributed by atoms with Gasteiger partial charge in [-0.25, -0.2) is 0 Å². The molecule has 0 unspecified atom stereocenters. The van der Waals surface area contributed by atoms with Crippen molar-refractivity contribution in [2.45, 2.75) is 46.3 Å². The van der Waals surface area contributed by atoms with Gasteiger partial charge in [-0.1, -0.05) is 12.1 Å². The van der Waals surface area contributed by atoms with Crippen LogP contribution in [0.3, 0.4) is 0 Å². The Balaban J connectivity index is 0.00000312. The summed E-state index contributed by atoms with van der Waals surface area (Å²) >= 11 is 0. The number of amides is 1. The van der Waals surface area contributed by atoms with Crippen molar-refractivity contribution in [3.63, 3.8) is 0 Å². The number of ether oxygens (including phenoxy) is 2. The fourth-order valence-corrected chi connectivity index (χ4v) is 3.02. The van der Waals surface area contributed by atoms with Crippen molar-refractivity contribution in [3.05, 3.63) is 29.3 Å².